The summed E-state index contributed by atoms with van der Waals surface area (Å²) in [5.41, 5.74) is 3.71. The van der Waals surface area contributed by atoms with Gasteiger partial charge in [-0.3, -0.25) is 9.78 Å². The number of nitrogens with zero attached hydrogens (tertiary/aromatic N) is 1. The van der Waals surface area contributed by atoms with Crippen molar-refractivity contribution < 1.29 is 18.7 Å². The summed E-state index contributed by atoms with van der Waals surface area (Å²) < 4.78 is 25.6. The molecule has 0 radical (unpaired) electrons. The Kier molecular flexibility index (Phi) is 7.09. The van der Waals surface area contributed by atoms with Gasteiger partial charge in [-0.2, -0.15) is 0 Å². The number of benzene rings is 1. The Morgan fingerprint density at radius 3 is 2.94 bits per heavy atom. The van der Waals surface area contributed by atoms with Gasteiger partial charge in [0.1, 0.15) is 5.75 Å². The summed E-state index contributed by atoms with van der Waals surface area (Å²) in [4.78, 5) is 20.4. The zero-order valence-electron chi connectivity index (χ0n) is 18.8. The zero-order valence-corrected chi connectivity index (χ0v) is 18.8. The van der Waals surface area contributed by atoms with Crippen LogP contribution in [-0.4, -0.2) is 49.7 Å². The standard InChI is InChI=1S/C24H28FN5O3/c1-26-10-3-4-13-33-19-14-27-11-8-15(19)21-22(20-17(29-21)9-12-28-24(20)31)30-18-7-5-6-16(25)23(18)32-2/h5-8,11,14,26,29-30H,3-4,9-10,12-13H2,1-2H3,(H,28,31). The first-order valence-corrected chi connectivity index (χ1v) is 11.0. The molecule has 33 heavy (non-hydrogen) atoms. The highest BCUT2D eigenvalue weighted by Gasteiger charge is 2.28. The normalized spacial score (nSPS) is 12.8. The van der Waals surface area contributed by atoms with E-state index in [-0.39, 0.29) is 11.7 Å². The lowest BCUT2D eigenvalue weighted by Crippen LogP contribution is -2.31. The van der Waals surface area contributed by atoms with Crippen LogP contribution in [0.15, 0.2) is 36.7 Å². The Labute approximate surface area is 191 Å². The van der Waals surface area contributed by atoms with E-state index in [4.69, 9.17) is 9.47 Å². The summed E-state index contributed by atoms with van der Waals surface area (Å²) >= 11 is 0. The van der Waals surface area contributed by atoms with Crippen molar-refractivity contribution in [3.63, 3.8) is 0 Å². The highest BCUT2D eigenvalue weighted by Crippen LogP contribution is 2.41. The van der Waals surface area contributed by atoms with Gasteiger partial charge in [-0.05, 0) is 44.6 Å². The van der Waals surface area contributed by atoms with Gasteiger partial charge < -0.3 is 30.4 Å². The molecule has 1 amide bonds. The molecular weight excluding hydrogens is 425 g/mol. The van der Waals surface area contributed by atoms with Crippen LogP contribution in [0.5, 0.6) is 11.5 Å². The number of unbranched alkanes of at least 4 members (excludes halogenated alkanes) is 1. The number of fused-ring (bicyclic) bond motifs is 1. The first kappa shape index (κ1) is 22.6. The number of amides is 1. The molecule has 0 atom stereocenters. The molecule has 1 aliphatic heterocycles. The number of nitrogens with one attached hydrogen (secondary N) is 4. The number of aromatic nitrogens is 2. The fourth-order valence-corrected chi connectivity index (χ4v) is 3.94. The third kappa shape index (κ3) is 4.78. The Morgan fingerprint density at radius 2 is 2.12 bits per heavy atom. The summed E-state index contributed by atoms with van der Waals surface area (Å²) in [7, 11) is 3.33. The molecule has 4 rings (SSSR count). The minimum Gasteiger partial charge on any atom is -0.492 e. The van der Waals surface area contributed by atoms with Gasteiger partial charge in [0.15, 0.2) is 11.6 Å². The number of rotatable bonds is 10. The molecule has 174 valence electrons. The van der Waals surface area contributed by atoms with Crippen LogP contribution in [-0.2, 0) is 6.42 Å². The first-order valence-electron chi connectivity index (χ1n) is 11.0. The summed E-state index contributed by atoms with van der Waals surface area (Å²) in [6.45, 7) is 2.01. The first-order chi connectivity index (χ1) is 16.1. The molecule has 1 aromatic carbocycles. The van der Waals surface area contributed by atoms with E-state index in [2.05, 4.69) is 25.9 Å². The molecule has 1 aliphatic rings. The Morgan fingerprint density at radius 1 is 1.24 bits per heavy atom. The van der Waals surface area contributed by atoms with Gasteiger partial charge >= 0.3 is 0 Å². The number of H-pyrrole nitrogens is 1. The number of ether oxygens (including phenoxy) is 2. The molecule has 2 aromatic heterocycles. The molecule has 0 bridgehead atoms. The predicted molar refractivity (Wildman–Crippen MR) is 125 cm³/mol. The molecule has 0 spiro atoms. The molecule has 0 saturated heterocycles. The lowest BCUT2D eigenvalue weighted by molar-refractivity contribution is 0.0947. The number of aromatic amines is 1. The second kappa shape index (κ2) is 10.4. The summed E-state index contributed by atoms with van der Waals surface area (Å²) in [6.07, 6.45) is 5.89. The maximum Gasteiger partial charge on any atom is 0.255 e. The van der Waals surface area contributed by atoms with Gasteiger partial charge in [0, 0.05) is 30.4 Å². The number of pyridine rings is 1. The second-order valence-electron chi connectivity index (χ2n) is 7.71. The average molecular weight is 454 g/mol. The summed E-state index contributed by atoms with van der Waals surface area (Å²) in [5.74, 6) is -0.00631. The fourth-order valence-electron chi connectivity index (χ4n) is 3.94. The number of methoxy groups -OCH3 is 1. The second-order valence-corrected chi connectivity index (χ2v) is 7.71. The molecule has 4 N–H and O–H groups in total. The van der Waals surface area contributed by atoms with Crippen LogP contribution in [0.3, 0.4) is 0 Å². The minimum absolute atomic E-state index is 0.0744. The molecular formula is C24H28FN5O3. The van der Waals surface area contributed by atoms with Crippen LogP contribution < -0.4 is 25.4 Å². The van der Waals surface area contributed by atoms with Crippen molar-refractivity contribution in [2.24, 2.45) is 0 Å². The minimum atomic E-state index is -0.493. The lowest BCUT2D eigenvalue weighted by Gasteiger charge is -2.17. The van der Waals surface area contributed by atoms with Crippen LogP contribution in [0.2, 0.25) is 0 Å². The largest absolute Gasteiger partial charge is 0.492 e. The summed E-state index contributed by atoms with van der Waals surface area (Å²) in [5, 5.41) is 9.25. The van der Waals surface area contributed by atoms with Crippen LogP contribution >= 0.6 is 0 Å². The van der Waals surface area contributed by atoms with Crippen LogP contribution in [0.25, 0.3) is 11.3 Å². The number of halogens is 1. The fraction of sp³-hybridized carbons (Fsp3) is 0.333. The Bertz CT molecular complexity index is 1130. The summed E-state index contributed by atoms with van der Waals surface area (Å²) in [6, 6.07) is 6.46. The van der Waals surface area contributed by atoms with Crippen molar-refractivity contribution in [3.8, 4) is 22.8 Å². The van der Waals surface area contributed by atoms with Crippen molar-refractivity contribution in [1.29, 1.82) is 0 Å². The quantitative estimate of drug-likeness (QED) is 0.350. The van der Waals surface area contributed by atoms with Gasteiger partial charge in [-0.25, -0.2) is 4.39 Å². The molecule has 0 aliphatic carbocycles. The van der Waals surface area contributed by atoms with Crippen molar-refractivity contribution in [3.05, 3.63) is 53.7 Å². The molecule has 3 heterocycles. The number of anilines is 2. The molecule has 0 fully saturated rings. The number of carbonyl (C=O) groups excluding carboxylic acids is 1. The maximum atomic E-state index is 14.3. The third-order valence-corrected chi connectivity index (χ3v) is 5.53. The van der Waals surface area contributed by atoms with E-state index >= 15 is 0 Å². The number of para-hydroxylation sites is 1. The van der Waals surface area contributed by atoms with E-state index in [0.29, 0.717) is 48.0 Å². The molecule has 3 aromatic rings. The molecule has 0 unspecified atom stereocenters. The zero-order chi connectivity index (χ0) is 23.2. The number of carbonyl (C=O) groups is 1. The van der Waals surface area contributed by atoms with Gasteiger partial charge in [-0.1, -0.05) is 6.07 Å². The van der Waals surface area contributed by atoms with E-state index in [9.17, 15) is 9.18 Å². The van der Waals surface area contributed by atoms with E-state index in [0.717, 1.165) is 30.6 Å². The SMILES string of the molecule is CNCCCCOc1cnccc1-c1[nH]c2c(c1Nc1cccc(F)c1OC)C(=O)NCC2. The predicted octanol–water partition coefficient (Wildman–Crippen LogP) is 3.63. The Balaban J connectivity index is 1.75. The molecule has 9 heteroatoms. The van der Waals surface area contributed by atoms with Crippen molar-refractivity contribution >= 4 is 17.3 Å². The molecule has 8 nitrogen and oxygen atoms in total. The van der Waals surface area contributed by atoms with Gasteiger partial charge in [0.05, 0.1) is 42.5 Å². The molecule has 0 saturated carbocycles. The van der Waals surface area contributed by atoms with Crippen molar-refractivity contribution in [2.45, 2.75) is 19.3 Å². The van der Waals surface area contributed by atoms with Crippen LogP contribution in [0.1, 0.15) is 28.9 Å². The van der Waals surface area contributed by atoms with Crippen molar-refractivity contribution in [2.75, 3.05) is 39.2 Å². The smallest absolute Gasteiger partial charge is 0.255 e. The monoisotopic (exact) mass is 453 g/mol. The highest BCUT2D eigenvalue weighted by molar-refractivity contribution is 6.06. The Hall–Kier alpha value is -3.59. The number of hydrogen-bond acceptors (Lipinski definition) is 6. The van der Waals surface area contributed by atoms with E-state index < -0.39 is 5.82 Å². The third-order valence-electron chi connectivity index (χ3n) is 5.53. The van der Waals surface area contributed by atoms with E-state index in [1.165, 1.54) is 13.2 Å². The lowest BCUT2D eigenvalue weighted by atomic mass is 10.0. The van der Waals surface area contributed by atoms with Crippen LogP contribution in [0, 0.1) is 5.82 Å². The number of hydrogen-bond donors (Lipinski definition) is 4. The maximum absolute atomic E-state index is 14.3. The topological polar surface area (TPSA) is 100 Å². The van der Waals surface area contributed by atoms with Crippen LogP contribution in [0.4, 0.5) is 15.8 Å². The van der Waals surface area contributed by atoms with E-state index in [1.807, 2.05) is 13.1 Å². The van der Waals surface area contributed by atoms with Gasteiger partial charge in [0.25, 0.3) is 5.91 Å². The van der Waals surface area contributed by atoms with Gasteiger partial charge in [0.2, 0.25) is 0 Å². The average Bonchev–Trinajstić information content (AvgIpc) is 3.19. The van der Waals surface area contributed by atoms with E-state index in [1.54, 1.807) is 24.5 Å². The van der Waals surface area contributed by atoms with Crippen molar-refractivity contribution in [1.82, 2.24) is 20.6 Å². The van der Waals surface area contributed by atoms with Gasteiger partial charge in [-0.15, -0.1) is 0 Å². The highest BCUT2D eigenvalue weighted by atomic mass is 19.1.